The van der Waals surface area contributed by atoms with Crippen molar-refractivity contribution in [2.75, 3.05) is 0 Å². The van der Waals surface area contributed by atoms with Crippen LogP contribution >= 0.6 is 11.8 Å². The number of benzene rings is 1. The highest BCUT2D eigenvalue weighted by molar-refractivity contribution is 7.98. The van der Waals surface area contributed by atoms with Crippen molar-refractivity contribution >= 4 is 17.6 Å². The Hall–Kier alpha value is -1.95. The van der Waals surface area contributed by atoms with Crippen LogP contribution in [0.3, 0.4) is 0 Å². The average molecular weight is 276 g/mol. The molecule has 1 aromatic carbocycles. The van der Waals surface area contributed by atoms with Gasteiger partial charge in [-0.05, 0) is 36.2 Å². The average Bonchev–Trinajstić information content (AvgIpc) is 2.37. The normalized spacial score (nSPS) is 10.4. The molecule has 0 saturated carbocycles. The summed E-state index contributed by atoms with van der Waals surface area (Å²) < 4.78 is 13.4. The zero-order chi connectivity index (χ0) is 13.8. The van der Waals surface area contributed by atoms with E-state index in [9.17, 15) is 4.39 Å². The van der Waals surface area contributed by atoms with Gasteiger partial charge in [0, 0.05) is 23.7 Å². The molecule has 1 heterocycles. The van der Waals surface area contributed by atoms with Crippen molar-refractivity contribution in [3.05, 3.63) is 53.1 Å². The largest absolute Gasteiger partial charge is 0.384 e. The number of nitrogen functional groups attached to an aromatic ring is 1. The summed E-state index contributed by atoms with van der Waals surface area (Å²) >= 11 is 1.41. The fourth-order valence-corrected chi connectivity index (χ4v) is 2.21. The highest BCUT2D eigenvalue weighted by Gasteiger charge is 2.05. The van der Waals surface area contributed by atoms with Gasteiger partial charge in [0.25, 0.3) is 0 Å². The van der Waals surface area contributed by atoms with E-state index in [0.717, 1.165) is 11.1 Å². The number of nitrogens with one attached hydrogen (secondary N) is 1. The van der Waals surface area contributed by atoms with Gasteiger partial charge in [0.15, 0.2) is 5.16 Å². The topological polar surface area (TPSA) is 75.7 Å². The predicted molar refractivity (Wildman–Crippen MR) is 73.7 cm³/mol. The van der Waals surface area contributed by atoms with Crippen LogP contribution in [0.5, 0.6) is 0 Å². The van der Waals surface area contributed by atoms with Gasteiger partial charge in [0.05, 0.1) is 0 Å². The molecule has 0 radical (unpaired) electrons. The van der Waals surface area contributed by atoms with Crippen molar-refractivity contribution < 1.29 is 4.39 Å². The Bertz CT molecular complexity index is 598. The minimum atomic E-state index is -0.395. The summed E-state index contributed by atoms with van der Waals surface area (Å²) in [5.41, 5.74) is 7.49. The van der Waals surface area contributed by atoms with Crippen molar-refractivity contribution in [2.24, 2.45) is 5.73 Å². The number of halogens is 1. The van der Waals surface area contributed by atoms with E-state index >= 15 is 0 Å². The standard InChI is InChI=1S/C13H13FN4S/c1-8-5-17-13(18-6-8)19-7-9-2-10(12(15)16)4-11(14)3-9/h2-6H,7H2,1H3,(H3,15,16). The molecule has 0 aliphatic carbocycles. The highest BCUT2D eigenvalue weighted by atomic mass is 32.2. The monoisotopic (exact) mass is 276 g/mol. The maximum Gasteiger partial charge on any atom is 0.187 e. The van der Waals surface area contributed by atoms with Gasteiger partial charge >= 0.3 is 0 Å². The molecule has 98 valence electrons. The van der Waals surface area contributed by atoms with Crippen LogP contribution in [0.4, 0.5) is 4.39 Å². The summed E-state index contributed by atoms with van der Waals surface area (Å²) in [4.78, 5) is 8.33. The van der Waals surface area contributed by atoms with Gasteiger partial charge in [0.1, 0.15) is 11.7 Å². The molecule has 0 bridgehead atoms. The maximum absolute atomic E-state index is 13.4. The second-order valence-electron chi connectivity index (χ2n) is 4.09. The van der Waals surface area contributed by atoms with E-state index in [0.29, 0.717) is 16.5 Å². The van der Waals surface area contributed by atoms with Crippen molar-refractivity contribution in [3.8, 4) is 0 Å². The highest BCUT2D eigenvalue weighted by Crippen LogP contribution is 2.20. The third kappa shape index (κ3) is 3.75. The summed E-state index contributed by atoms with van der Waals surface area (Å²) in [5.74, 6) is -0.00774. The van der Waals surface area contributed by atoms with E-state index in [2.05, 4.69) is 9.97 Å². The Morgan fingerprint density at radius 2 is 2.00 bits per heavy atom. The molecule has 2 rings (SSSR count). The van der Waals surface area contributed by atoms with Crippen LogP contribution in [0.1, 0.15) is 16.7 Å². The van der Waals surface area contributed by atoms with Crippen molar-refractivity contribution in [2.45, 2.75) is 17.8 Å². The SMILES string of the molecule is Cc1cnc(SCc2cc(F)cc(C(=N)N)c2)nc1. The summed E-state index contributed by atoms with van der Waals surface area (Å²) in [5, 5.41) is 7.97. The van der Waals surface area contributed by atoms with Gasteiger partial charge in [-0.2, -0.15) is 0 Å². The van der Waals surface area contributed by atoms with Crippen molar-refractivity contribution in [1.82, 2.24) is 9.97 Å². The summed E-state index contributed by atoms with van der Waals surface area (Å²) in [7, 11) is 0. The fraction of sp³-hybridized carbons (Fsp3) is 0.154. The van der Waals surface area contributed by atoms with Gasteiger partial charge in [-0.1, -0.05) is 11.8 Å². The van der Waals surface area contributed by atoms with Gasteiger partial charge in [-0.25, -0.2) is 14.4 Å². The number of hydrogen-bond acceptors (Lipinski definition) is 4. The Balaban J connectivity index is 2.11. The van der Waals surface area contributed by atoms with Crippen LogP contribution in [0.15, 0.2) is 35.7 Å². The predicted octanol–water partition coefficient (Wildman–Crippen LogP) is 2.50. The first kappa shape index (κ1) is 13.5. The Morgan fingerprint density at radius 3 is 2.63 bits per heavy atom. The lowest BCUT2D eigenvalue weighted by molar-refractivity contribution is 0.626. The molecule has 0 fully saturated rings. The van der Waals surface area contributed by atoms with Crippen molar-refractivity contribution in [1.29, 1.82) is 5.41 Å². The number of hydrogen-bond donors (Lipinski definition) is 2. The van der Waals surface area contributed by atoms with Crippen LogP contribution in [0, 0.1) is 18.2 Å². The Kier molecular flexibility index (Phi) is 4.11. The summed E-state index contributed by atoms with van der Waals surface area (Å²) in [6.07, 6.45) is 3.48. The van der Waals surface area contributed by atoms with Crippen LogP contribution < -0.4 is 5.73 Å². The molecule has 0 atom stereocenters. The lowest BCUT2D eigenvalue weighted by Gasteiger charge is -2.04. The number of thioether (sulfide) groups is 1. The smallest absolute Gasteiger partial charge is 0.187 e. The van der Waals surface area contributed by atoms with E-state index in [4.69, 9.17) is 11.1 Å². The number of aryl methyl sites for hydroxylation is 1. The molecule has 0 aliphatic rings. The molecule has 0 unspecified atom stereocenters. The number of rotatable bonds is 4. The zero-order valence-electron chi connectivity index (χ0n) is 10.4. The van der Waals surface area contributed by atoms with Crippen LogP contribution in [0.25, 0.3) is 0 Å². The van der Waals surface area contributed by atoms with E-state index in [1.165, 1.54) is 23.9 Å². The molecule has 0 aliphatic heterocycles. The third-order valence-corrected chi connectivity index (χ3v) is 3.34. The van der Waals surface area contributed by atoms with Gasteiger partial charge in [-0.3, -0.25) is 5.41 Å². The molecule has 6 heteroatoms. The summed E-state index contributed by atoms with van der Waals surface area (Å²) in [6.45, 7) is 1.92. The van der Waals surface area contributed by atoms with E-state index < -0.39 is 5.82 Å². The molecule has 4 nitrogen and oxygen atoms in total. The van der Waals surface area contributed by atoms with Gasteiger partial charge < -0.3 is 5.73 Å². The molecular formula is C13H13FN4S. The lowest BCUT2D eigenvalue weighted by atomic mass is 10.1. The van der Waals surface area contributed by atoms with Crippen molar-refractivity contribution in [3.63, 3.8) is 0 Å². The van der Waals surface area contributed by atoms with E-state index in [-0.39, 0.29) is 5.84 Å². The Morgan fingerprint density at radius 1 is 1.32 bits per heavy atom. The van der Waals surface area contributed by atoms with Gasteiger partial charge in [0.2, 0.25) is 0 Å². The molecule has 0 spiro atoms. The number of nitrogens with two attached hydrogens (primary N) is 1. The van der Waals surface area contributed by atoms with Gasteiger partial charge in [-0.15, -0.1) is 0 Å². The minimum absolute atomic E-state index is 0.141. The zero-order valence-corrected chi connectivity index (χ0v) is 11.2. The quantitative estimate of drug-likeness (QED) is 0.389. The first-order valence-corrected chi connectivity index (χ1v) is 6.58. The first-order valence-electron chi connectivity index (χ1n) is 5.60. The molecule has 0 saturated heterocycles. The molecule has 3 N–H and O–H groups in total. The van der Waals surface area contributed by atoms with Crippen LogP contribution in [-0.2, 0) is 5.75 Å². The fourth-order valence-electron chi connectivity index (χ4n) is 1.49. The first-order chi connectivity index (χ1) is 9.04. The second kappa shape index (κ2) is 5.79. The molecule has 19 heavy (non-hydrogen) atoms. The number of amidine groups is 1. The third-order valence-electron chi connectivity index (χ3n) is 2.39. The number of nitrogens with zero attached hydrogens (tertiary/aromatic N) is 2. The maximum atomic E-state index is 13.4. The summed E-state index contributed by atoms with van der Waals surface area (Å²) in [6, 6.07) is 4.37. The van der Waals surface area contributed by atoms with Crippen LogP contribution in [0.2, 0.25) is 0 Å². The lowest BCUT2D eigenvalue weighted by Crippen LogP contribution is -2.11. The molecular weight excluding hydrogens is 263 g/mol. The molecule has 1 aromatic heterocycles. The molecule has 0 amide bonds. The minimum Gasteiger partial charge on any atom is -0.384 e. The molecule has 2 aromatic rings. The second-order valence-corrected chi connectivity index (χ2v) is 5.04. The Labute approximate surface area is 114 Å². The van der Waals surface area contributed by atoms with E-state index in [1.807, 2.05) is 6.92 Å². The van der Waals surface area contributed by atoms with E-state index in [1.54, 1.807) is 18.5 Å². The number of aromatic nitrogens is 2. The van der Waals surface area contributed by atoms with Crippen LogP contribution in [-0.4, -0.2) is 15.8 Å².